The fourth-order valence-corrected chi connectivity index (χ4v) is 3.84. The molecule has 0 saturated heterocycles. The molecule has 8 heteroatoms. The molecule has 0 unspecified atom stereocenters. The summed E-state index contributed by atoms with van der Waals surface area (Å²) in [5.74, 6) is 1.72. The minimum atomic E-state index is -3.75. The summed E-state index contributed by atoms with van der Waals surface area (Å²) >= 11 is 6.03. The molecule has 0 aliphatic heterocycles. The molecular formula is C18H17ClN2O4S. The molecule has 1 aromatic heterocycles. The molecule has 0 radical (unpaired) electrons. The Balaban J connectivity index is 1.85. The smallest absolute Gasteiger partial charge is 0.261 e. The summed E-state index contributed by atoms with van der Waals surface area (Å²) in [4.78, 5) is 4.44. The van der Waals surface area contributed by atoms with Crippen molar-refractivity contribution >= 4 is 27.3 Å². The van der Waals surface area contributed by atoms with Gasteiger partial charge in [0.25, 0.3) is 10.0 Å². The molecule has 0 bridgehead atoms. The number of ether oxygens (including phenoxy) is 1. The minimum Gasteiger partial charge on any atom is -0.495 e. The molecule has 0 aliphatic rings. The zero-order chi connectivity index (χ0) is 18.9. The summed E-state index contributed by atoms with van der Waals surface area (Å²) in [7, 11) is -2.26. The van der Waals surface area contributed by atoms with E-state index < -0.39 is 10.0 Å². The molecule has 0 spiro atoms. The molecule has 0 atom stereocenters. The van der Waals surface area contributed by atoms with Crippen LogP contribution in [-0.4, -0.2) is 20.5 Å². The van der Waals surface area contributed by atoms with Crippen LogP contribution in [0.1, 0.15) is 11.7 Å². The number of rotatable bonds is 5. The van der Waals surface area contributed by atoms with E-state index >= 15 is 0 Å². The fraction of sp³-hybridized carbons (Fsp3) is 0.167. The summed E-state index contributed by atoms with van der Waals surface area (Å²) in [6, 6.07) is 11.1. The predicted molar refractivity (Wildman–Crippen MR) is 100 cm³/mol. The zero-order valence-corrected chi connectivity index (χ0v) is 16.0. The monoisotopic (exact) mass is 392 g/mol. The number of hydrogen-bond acceptors (Lipinski definition) is 5. The molecule has 1 N–H and O–H groups in total. The van der Waals surface area contributed by atoms with Gasteiger partial charge in [0.05, 0.1) is 22.7 Å². The summed E-state index contributed by atoms with van der Waals surface area (Å²) in [6.45, 7) is 3.58. The second kappa shape index (κ2) is 7.01. The lowest BCUT2D eigenvalue weighted by Gasteiger charge is -2.10. The van der Waals surface area contributed by atoms with E-state index in [9.17, 15) is 8.42 Å². The Labute approximate surface area is 156 Å². The van der Waals surface area contributed by atoms with Gasteiger partial charge in [-0.3, -0.25) is 4.72 Å². The fourth-order valence-electron chi connectivity index (χ4n) is 2.53. The van der Waals surface area contributed by atoms with Crippen LogP contribution >= 0.6 is 11.6 Å². The first-order valence-electron chi connectivity index (χ1n) is 7.71. The van der Waals surface area contributed by atoms with Crippen molar-refractivity contribution in [3.8, 4) is 17.0 Å². The third-order valence-corrected chi connectivity index (χ3v) is 5.44. The normalized spacial score (nSPS) is 11.4. The van der Waals surface area contributed by atoms with Gasteiger partial charge in [0.1, 0.15) is 17.2 Å². The van der Waals surface area contributed by atoms with Crippen molar-refractivity contribution in [2.24, 2.45) is 0 Å². The van der Waals surface area contributed by atoms with E-state index in [0.29, 0.717) is 33.8 Å². The molecule has 3 rings (SSSR count). The van der Waals surface area contributed by atoms with Crippen molar-refractivity contribution in [3.63, 3.8) is 0 Å². The first-order chi connectivity index (χ1) is 12.3. The van der Waals surface area contributed by atoms with Crippen molar-refractivity contribution in [3.05, 3.63) is 59.1 Å². The lowest BCUT2D eigenvalue weighted by molar-refractivity contribution is 0.415. The number of sulfonamides is 1. The summed E-state index contributed by atoms with van der Waals surface area (Å²) in [6.07, 6.45) is 0. The molecule has 6 nitrogen and oxygen atoms in total. The average Bonchev–Trinajstić information content (AvgIpc) is 2.93. The van der Waals surface area contributed by atoms with Crippen LogP contribution < -0.4 is 9.46 Å². The quantitative estimate of drug-likeness (QED) is 0.695. The molecule has 0 fully saturated rings. The maximum atomic E-state index is 12.6. The van der Waals surface area contributed by atoms with Crippen LogP contribution in [0.4, 0.5) is 5.69 Å². The van der Waals surface area contributed by atoms with Crippen LogP contribution in [0.25, 0.3) is 11.3 Å². The molecule has 0 saturated carbocycles. The standard InChI is InChI=1S/C18H17ClN2O4S/c1-11-18(20-12(2)25-11)13-4-7-15(8-5-13)26(22,23)21-14-6-9-17(24-3)16(19)10-14/h4-10,21H,1-3H3. The van der Waals surface area contributed by atoms with Crippen molar-refractivity contribution in [2.75, 3.05) is 11.8 Å². The van der Waals surface area contributed by atoms with Gasteiger partial charge in [-0.05, 0) is 37.3 Å². The second-order valence-electron chi connectivity index (χ2n) is 5.62. The van der Waals surface area contributed by atoms with Crippen LogP contribution in [0.3, 0.4) is 0 Å². The first-order valence-corrected chi connectivity index (χ1v) is 9.57. The van der Waals surface area contributed by atoms with Crippen LogP contribution in [0.5, 0.6) is 5.75 Å². The number of oxazole rings is 1. The van der Waals surface area contributed by atoms with E-state index in [0.717, 1.165) is 5.56 Å². The largest absolute Gasteiger partial charge is 0.495 e. The number of hydrogen-bond donors (Lipinski definition) is 1. The van der Waals surface area contributed by atoms with E-state index in [1.54, 1.807) is 31.2 Å². The lowest BCUT2D eigenvalue weighted by Crippen LogP contribution is -2.12. The molecular weight excluding hydrogens is 376 g/mol. The number of halogens is 1. The first kappa shape index (κ1) is 18.3. The minimum absolute atomic E-state index is 0.131. The number of aromatic nitrogens is 1. The highest BCUT2D eigenvalue weighted by molar-refractivity contribution is 7.92. The number of aryl methyl sites for hydroxylation is 2. The highest BCUT2D eigenvalue weighted by Crippen LogP contribution is 2.29. The number of benzene rings is 2. The van der Waals surface area contributed by atoms with Gasteiger partial charge in [-0.15, -0.1) is 0 Å². The predicted octanol–water partition coefficient (Wildman–Crippen LogP) is 4.42. The van der Waals surface area contributed by atoms with E-state index in [4.69, 9.17) is 20.8 Å². The Morgan fingerprint density at radius 1 is 1.12 bits per heavy atom. The van der Waals surface area contributed by atoms with E-state index in [1.165, 1.54) is 25.3 Å². The highest BCUT2D eigenvalue weighted by Gasteiger charge is 2.16. The molecule has 0 aliphatic carbocycles. The Morgan fingerprint density at radius 2 is 1.81 bits per heavy atom. The Hall–Kier alpha value is -2.51. The van der Waals surface area contributed by atoms with E-state index in [1.807, 2.05) is 6.92 Å². The van der Waals surface area contributed by atoms with Gasteiger partial charge in [0.2, 0.25) is 0 Å². The number of nitrogens with zero attached hydrogens (tertiary/aromatic N) is 1. The summed E-state index contributed by atoms with van der Waals surface area (Å²) in [5.41, 5.74) is 1.83. The van der Waals surface area contributed by atoms with Crippen molar-refractivity contribution in [1.29, 1.82) is 0 Å². The van der Waals surface area contributed by atoms with Crippen LogP contribution in [0.2, 0.25) is 5.02 Å². The van der Waals surface area contributed by atoms with Gasteiger partial charge in [-0.25, -0.2) is 13.4 Å². The van der Waals surface area contributed by atoms with Gasteiger partial charge in [-0.1, -0.05) is 23.7 Å². The molecule has 136 valence electrons. The van der Waals surface area contributed by atoms with E-state index in [-0.39, 0.29) is 4.90 Å². The average molecular weight is 393 g/mol. The van der Waals surface area contributed by atoms with Gasteiger partial charge < -0.3 is 9.15 Å². The van der Waals surface area contributed by atoms with Crippen LogP contribution in [-0.2, 0) is 10.0 Å². The van der Waals surface area contributed by atoms with Crippen LogP contribution in [0.15, 0.2) is 51.8 Å². The topological polar surface area (TPSA) is 81.4 Å². The van der Waals surface area contributed by atoms with Crippen molar-refractivity contribution < 1.29 is 17.6 Å². The van der Waals surface area contributed by atoms with Gasteiger partial charge in [0.15, 0.2) is 5.89 Å². The molecule has 2 aromatic carbocycles. The lowest BCUT2D eigenvalue weighted by atomic mass is 10.1. The zero-order valence-electron chi connectivity index (χ0n) is 14.4. The molecule has 0 amide bonds. The Kier molecular flexibility index (Phi) is 4.93. The molecule has 26 heavy (non-hydrogen) atoms. The van der Waals surface area contributed by atoms with Gasteiger partial charge in [-0.2, -0.15) is 0 Å². The maximum absolute atomic E-state index is 12.6. The molecule has 3 aromatic rings. The number of anilines is 1. The van der Waals surface area contributed by atoms with Gasteiger partial charge >= 0.3 is 0 Å². The van der Waals surface area contributed by atoms with Crippen molar-refractivity contribution in [2.45, 2.75) is 18.7 Å². The van der Waals surface area contributed by atoms with Crippen LogP contribution in [0, 0.1) is 13.8 Å². The highest BCUT2D eigenvalue weighted by atomic mass is 35.5. The second-order valence-corrected chi connectivity index (χ2v) is 7.71. The Bertz CT molecular complexity index is 1040. The van der Waals surface area contributed by atoms with Crippen molar-refractivity contribution in [1.82, 2.24) is 4.98 Å². The maximum Gasteiger partial charge on any atom is 0.261 e. The summed E-state index contributed by atoms with van der Waals surface area (Å²) < 4.78 is 38.1. The number of nitrogens with one attached hydrogen (secondary N) is 1. The SMILES string of the molecule is COc1ccc(NS(=O)(=O)c2ccc(-c3nc(C)oc3C)cc2)cc1Cl. The Morgan fingerprint density at radius 3 is 2.35 bits per heavy atom. The van der Waals surface area contributed by atoms with Gasteiger partial charge in [0, 0.05) is 12.5 Å². The summed E-state index contributed by atoms with van der Waals surface area (Å²) in [5, 5.41) is 0.319. The van der Waals surface area contributed by atoms with E-state index in [2.05, 4.69) is 9.71 Å². The molecule has 1 heterocycles. The number of methoxy groups -OCH3 is 1. The third-order valence-electron chi connectivity index (χ3n) is 3.75. The third kappa shape index (κ3) is 3.68.